The van der Waals surface area contributed by atoms with E-state index in [9.17, 15) is 0 Å². The van der Waals surface area contributed by atoms with Gasteiger partial charge in [-0.1, -0.05) is 5.92 Å². The molecule has 0 saturated heterocycles. The van der Waals surface area contributed by atoms with Gasteiger partial charge in [-0.15, -0.1) is 6.42 Å². The summed E-state index contributed by atoms with van der Waals surface area (Å²) < 4.78 is 0. The molecule has 0 unspecified atom stereocenters. The number of rotatable bonds is 2. The first-order valence-electron chi connectivity index (χ1n) is 4.54. The third-order valence-corrected chi connectivity index (χ3v) is 1.99. The van der Waals surface area contributed by atoms with E-state index in [2.05, 4.69) is 11.2 Å². The summed E-state index contributed by atoms with van der Waals surface area (Å²) in [5.41, 5.74) is 7.13. The fraction of sp³-hybridized carbons (Fsp3) is 0.250. The number of benzene rings is 1. The van der Waals surface area contributed by atoms with E-state index in [1.54, 1.807) is 18.2 Å². The van der Waals surface area contributed by atoms with Crippen molar-refractivity contribution < 1.29 is 0 Å². The molecule has 0 aliphatic heterocycles. The Balaban J connectivity index is 3.00. The van der Waals surface area contributed by atoms with Crippen LogP contribution in [0.25, 0.3) is 0 Å². The van der Waals surface area contributed by atoms with E-state index in [0.29, 0.717) is 11.3 Å². The summed E-state index contributed by atoms with van der Waals surface area (Å²) in [6.45, 7) is 3.76. The van der Waals surface area contributed by atoms with Crippen LogP contribution in [-0.2, 0) is 0 Å². The van der Waals surface area contributed by atoms with Crippen molar-refractivity contribution in [1.82, 2.24) is 0 Å². The van der Waals surface area contributed by atoms with Gasteiger partial charge in [0, 0.05) is 0 Å². The molecule has 0 aliphatic carbocycles. The Morgan fingerprint density at radius 3 is 2.60 bits per heavy atom. The standard InChI is InChI=1S/C12H13N3/c1-4-12(2,3)15-11-6-5-9(8-13)7-10(11)14/h1,5-7,15H,14H2,2-3H3. The van der Waals surface area contributed by atoms with Crippen LogP contribution in [0.3, 0.4) is 0 Å². The second-order valence-electron chi connectivity index (χ2n) is 3.81. The second kappa shape index (κ2) is 3.94. The highest BCUT2D eigenvalue weighted by Crippen LogP contribution is 2.22. The number of nitrogens with zero attached hydrogens (tertiary/aromatic N) is 1. The van der Waals surface area contributed by atoms with Crippen LogP contribution in [0.5, 0.6) is 0 Å². The summed E-state index contributed by atoms with van der Waals surface area (Å²) >= 11 is 0. The highest BCUT2D eigenvalue weighted by Gasteiger charge is 2.14. The molecule has 1 aromatic rings. The summed E-state index contributed by atoms with van der Waals surface area (Å²) in [6.07, 6.45) is 5.35. The Morgan fingerprint density at radius 1 is 1.47 bits per heavy atom. The van der Waals surface area contributed by atoms with Gasteiger partial charge >= 0.3 is 0 Å². The van der Waals surface area contributed by atoms with Gasteiger partial charge in [0.2, 0.25) is 0 Å². The highest BCUT2D eigenvalue weighted by atomic mass is 15.0. The summed E-state index contributed by atoms with van der Waals surface area (Å²) in [6, 6.07) is 7.10. The summed E-state index contributed by atoms with van der Waals surface area (Å²) in [5, 5.41) is 11.8. The molecule has 0 radical (unpaired) electrons. The van der Waals surface area contributed by atoms with Crippen molar-refractivity contribution >= 4 is 11.4 Å². The van der Waals surface area contributed by atoms with Crippen molar-refractivity contribution in [3.8, 4) is 18.4 Å². The van der Waals surface area contributed by atoms with Gasteiger partial charge in [-0.2, -0.15) is 5.26 Å². The quantitative estimate of drug-likeness (QED) is 0.565. The van der Waals surface area contributed by atoms with Crippen molar-refractivity contribution in [3.63, 3.8) is 0 Å². The molecule has 0 amide bonds. The average molecular weight is 199 g/mol. The number of terminal acetylenes is 1. The minimum atomic E-state index is -0.456. The molecule has 76 valence electrons. The molecule has 1 aromatic carbocycles. The van der Waals surface area contributed by atoms with Crippen LogP contribution in [0.2, 0.25) is 0 Å². The van der Waals surface area contributed by atoms with Crippen LogP contribution in [0.1, 0.15) is 19.4 Å². The summed E-state index contributed by atoms with van der Waals surface area (Å²) in [4.78, 5) is 0. The zero-order valence-corrected chi connectivity index (χ0v) is 8.83. The number of nitrogens with two attached hydrogens (primary N) is 1. The molecule has 0 bridgehead atoms. The van der Waals surface area contributed by atoms with Gasteiger partial charge in [0.25, 0.3) is 0 Å². The van der Waals surface area contributed by atoms with Crippen LogP contribution in [0, 0.1) is 23.7 Å². The number of nitriles is 1. The normalized spacial score (nSPS) is 10.1. The van der Waals surface area contributed by atoms with Crippen molar-refractivity contribution in [2.45, 2.75) is 19.4 Å². The van der Waals surface area contributed by atoms with Crippen molar-refractivity contribution in [2.24, 2.45) is 0 Å². The average Bonchev–Trinajstić information content (AvgIpc) is 2.21. The van der Waals surface area contributed by atoms with E-state index in [4.69, 9.17) is 17.4 Å². The van der Waals surface area contributed by atoms with Crippen LogP contribution < -0.4 is 11.1 Å². The molecule has 15 heavy (non-hydrogen) atoms. The number of nitrogen functional groups attached to an aromatic ring is 1. The van der Waals surface area contributed by atoms with Crippen LogP contribution in [-0.4, -0.2) is 5.54 Å². The van der Waals surface area contributed by atoms with E-state index in [-0.39, 0.29) is 0 Å². The molecule has 3 nitrogen and oxygen atoms in total. The molecular formula is C12H13N3. The lowest BCUT2D eigenvalue weighted by atomic mass is 10.1. The van der Waals surface area contributed by atoms with E-state index in [1.165, 1.54) is 0 Å². The fourth-order valence-corrected chi connectivity index (χ4v) is 1.12. The number of hydrogen-bond donors (Lipinski definition) is 2. The van der Waals surface area contributed by atoms with Gasteiger partial charge in [0.05, 0.1) is 28.5 Å². The number of nitrogens with one attached hydrogen (secondary N) is 1. The van der Waals surface area contributed by atoms with Gasteiger partial charge in [0.1, 0.15) is 0 Å². The maximum Gasteiger partial charge on any atom is 0.0992 e. The molecule has 1 rings (SSSR count). The van der Waals surface area contributed by atoms with Crippen molar-refractivity contribution in [2.75, 3.05) is 11.1 Å². The smallest absolute Gasteiger partial charge is 0.0992 e. The van der Waals surface area contributed by atoms with Gasteiger partial charge in [0.15, 0.2) is 0 Å². The van der Waals surface area contributed by atoms with Crippen LogP contribution in [0.4, 0.5) is 11.4 Å². The zero-order valence-electron chi connectivity index (χ0n) is 8.83. The molecule has 3 heteroatoms. The van der Waals surface area contributed by atoms with E-state index < -0.39 is 5.54 Å². The van der Waals surface area contributed by atoms with Crippen molar-refractivity contribution in [1.29, 1.82) is 5.26 Å². The minimum Gasteiger partial charge on any atom is -0.397 e. The molecule has 0 aromatic heterocycles. The Hall–Kier alpha value is -2.13. The van der Waals surface area contributed by atoms with Gasteiger partial charge in [-0.05, 0) is 32.0 Å². The maximum atomic E-state index is 8.67. The third-order valence-electron chi connectivity index (χ3n) is 1.99. The first kappa shape index (κ1) is 10.9. The third kappa shape index (κ3) is 2.65. The molecule has 0 aliphatic rings. The van der Waals surface area contributed by atoms with Crippen LogP contribution >= 0.6 is 0 Å². The second-order valence-corrected chi connectivity index (χ2v) is 3.81. The maximum absolute atomic E-state index is 8.67. The van der Waals surface area contributed by atoms with Gasteiger partial charge in [-0.25, -0.2) is 0 Å². The minimum absolute atomic E-state index is 0.456. The monoisotopic (exact) mass is 199 g/mol. The van der Waals surface area contributed by atoms with E-state index >= 15 is 0 Å². The molecule has 0 fully saturated rings. The molecular weight excluding hydrogens is 186 g/mol. The summed E-state index contributed by atoms with van der Waals surface area (Å²) in [5.74, 6) is 2.61. The molecule has 0 atom stereocenters. The van der Waals surface area contributed by atoms with E-state index in [1.807, 2.05) is 19.9 Å². The summed E-state index contributed by atoms with van der Waals surface area (Å²) in [7, 11) is 0. The Bertz CT molecular complexity index is 447. The topological polar surface area (TPSA) is 61.8 Å². The van der Waals surface area contributed by atoms with Gasteiger partial charge in [-0.3, -0.25) is 0 Å². The predicted molar refractivity (Wildman–Crippen MR) is 62.1 cm³/mol. The molecule has 0 spiro atoms. The first-order valence-corrected chi connectivity index (χ1v) is 4.54. The number of anilines is 2. The lowest BCUT2D eigenvalue weighted by Crippen LogP contribution is -2.28. The Kier molecular flexibility index (Phi) is 2.87. The number of hydrogen-bond acceptors (Lipinski definition) is 3. The van der Waals surface area contributed by atoms with Crippen LogP contribution in [0.15, 0.2) is 18.2 Å². The first-order chi connectivity index (χ1) is 6.98. The molecule has 0 heterocycles. The van der Waals surface area contributed by atoms with Crippen molar-refractivity contribution in [3.05, 3.63) is 23.8 Å². The zero-order chi connectivity index (χ0) is 11.5. The Labute approximate surface area is 89.9 Å². The largest absolute Gasteiger partial charge is 0.397 e. The van der Waals surface area contributed by atoms with Gasteiger partial charge < -0.3 is 11.1 Å². The molecule has 3 N–H and O–H groups in total. The fourth-order valence-electron chi connectivity index (χ4n) is 1.12. The van der Waals surface area contributed by atoms with E-state index in [0.717, 1.165) is 5.69 Å². The lowest BCUT2D eigenvalue weighted by molar-refractivity contribution is 0.742. The highest BCUT2D eigenvalue weighted by molar-refractivity contribution is 5.69. The predicted octanol–water partition coefficient (Wildman–Crippen LogP) is 1.96. The molecule has 0 saturated carbocycles. The Morgan fingerprint density at radius 2 is 2.13 bits per heavy atom. The SMILES string of the molecule is C#CC(C)(C)Nc1ccc(C#N)cc1N. The lowest BCUT2D eigenvalue weighted by Gasteiger charge is -2.22.